The van der Waals surface area contributed by atoms with Gasteiger partial charge in [-0.15, -0.1) is 0 Å². The second-order valence-electron chi connectivity index (χ2n) is 8.68. The number of hydrogen-bond acceptors (Lipinski definition) is 2. The lowest BCUT2D eigenvalue weighted by atomic mass is 9.45. The van der Waals surface area contributed by atoms with Crippen molar-refractivity contribution in [2.45, 2.75) is 65.2 Å². The molecule has 6 atom stereocenters. The monoisotopic (exact) mass is 288 g/mol. The van der Waals surface area contributed by atoms with Crippen LogP contribution in [-0.2, 0) is 4.79 Å². The number of fused-ring (bicyclic) bond motifs is 5. The van der Waals surface area contributed by atoms with Gasteiger partial charge in [0.15, 0.2) is 0 Å². The van der Waals surface area contributed by atoms with Gasteiger partial charge in [0, 0.05) is 18.3 Å². The number of aliphatic hydroxyl groups is 1. The van der Waals surface area contributed by atoms with E-state index in [0.717, 1.165) is 43.9 Å². The van der Waals surface area contributed by atoms with E-state index >= 15 is 0 Å². The molecule has 0 bridgehead atoms. The molecule has 21 heavy (non-hydrogen) atoms. The maximum Gasteiger partial charge on any atom is 0.133 e. The van der Waals surface area contributed by atoms with Crippen LogP contribution in [0.1, 0.15) is 65.2 Å². The van der Waals surface area contributed by atoms with Gasteiger partial charge >= 0.3 is 0 Å². The van der Waals surface area contributed by atoms with Crippen molar-refractivity contribution in [3.63, 3.8) is 0 Å². The standard InChI is InChI=1S/C19H28O2/c1-18-9-7-13(20)11-12(18)3-4-14-15-5-6-17(21)19(15,2)10-8-16(14)18/h6,12,14-16,21H,3-5,7-11H2,1-2H3/t12?,14-,15-,16-,18-,19-/m0/s1. The highest BCUT2D eigenvalue weighted by molar-refractivity contribution is 5.79. The Labute approximate surface area is 128 Å². The molecule has 2 nitrogen and oxygen atoms in total. The Morgan fingerprint density at radius 1 is 1.14 bits per heavy atom. The molecule has 3 saturated carbocycles. The van der Waals surface area contributed by atoms with Crippen LogP contribution in [0.15, 0.2) is 11.8 Å². The minimum absolute atomic E-state index is 0.0504. The number of aliphatic hydroxyl groups excluding tert-OH is 1. The number of hydrogen-bond donors (Lipinski definition) is 1. The van der Waals surface area contributed by atoms with Crippen LogP contribution in [0.2, 0.25) is 0 Å². The van der Waals surface area contributed by atoms with Crippen molar-refractivity contribution < 1.29 is 9.90 Å². The smallest absolute Gasteiger partial charge is 0.133 e. The molecule has 0 radical (unpaired) electrons. The lowest BCUT2D eigenvalue weighted by molar-refractivity contribution is -0.138. The first-order valence-corrected chi connectivity index (χ1v) is 8.86. The zero-order chi connectivity index (χ0) is 14.8. The Bertz CT molecular complexity index is 508. The third kappa shape index (κ3) is 1.74. The molecule has 0 aliphatic heterocycles. The van der Waals surface area contributed by atoms with Crippen LogP contribution in [0.25, 0.3) is 0 Å². The maximum atomic E-state index is 11.9. The van der Waals surface area contributed by atoms with Crippen LogP contribution < -0.4 is 0 Å². The van der Waals surface area contributed by atoms with Crippen LogP contribution in [0.3, 0.4) is 0 Å². The van der Waals surface area contributed by atoms with E-state index in [1.807, 2.05) is 0 Å². The molecule has 0 aromatic rings. The lowest BCUT2D eigenvalue weighted by Crippen LogP contribution is -2.53. The molecule has 0 spiro atoms. The fourth-order valence-electron chi connectivity index (χ4n) is 6.59. The summed E-state index contributed by atoms with van der Waals surface area (Å²) in [6.45, 7) is 4.76. The van der Waals surface area contributed by atoms with Gasteiger partial charge in [0.2, 0.25) is 0 Å². The number of carbonyl (C=O) groups excluding carboxylic acids is 1. The molecule has 2 heteroatoms. The van der Waals surface area contributed by atoms with Crippen LogP contribution in [0, 0.1) is 34.5 Å². The first kappa shape index (κ1) is 13.8. The topological polar surface area (TPSA) is 37.3 Å². The van der Waals surface area contributed by atoms with E-state index in [1.54, 1.807) is 0 Å². The van der Waals surface area contributed by atoms with Crippen molar-refractivity contribution >= 4 is 5.78 Å². The van der Waals surface area contributed by atoms with Gasteiger partial charge in [-0.2, -0.15) is 0 Å². The predicted molar refractivity (Wildman–Crippen MR) is 82.8 cm³/mol. The van der Waals surface area contributed by atoms with E-state index in [1.165, 1.54) is 19.3 Å². The molecule has 1 unspecified atom stereocenters. The molecule has 0 aromatic carbocycles. The minimum atomic E-state index is 0.0504. The highest BCUT2D eigenvalue weighted by atomic mass is 16.3. The van der Waals surface area contributed by atoms with Gasteiger partial charge in [-0.25, -0.2) is 0 Å². The second kappa shape index (κ2) is 4.36. The Morgan fingerprint density at radius 3 is 2.76 bits per heavy atom. The van der Waals surface area contributed by atoms with Gasteiger partial charge in [0.05, 0.1) is 5.76 Å². The second-order valence-corrected chi connectivity index (χ2v) is 8.68. The summed E-state index contributed by atoms with van der Waals surface area (Å²) in [5.74, 6) is 3.98. The zero-order valence-corrected chi connectivity index (χ0v) is 13.4. The Balaban J connectivity index is 1.64. The Kier molecular flexibility index (Phi) is 2.88. The van der Waals surface area contributed by atoms with Crippen molar-refractivity contribution in [2.75, 3.05) is 0 Å². The third-order valence-corrected chi connectivity index (χ3v) is 8.02. The van der Waals surface area contributed by atoms with Crippen molar-refractivity contribution in [1.82, 2.24) is 0 Å². The minimum Gasteiger partial charge on any atom is -0.512 e. The molecule has 0 amide bonds. The summed E-state index contributed by atoms with van der Waals surface area (Å²) in [6.07, 6.45) is 10.8. The highest BCUT2D eigenvalue weighted by Crippen LogP contribution is 2.65. The summed E-state index contributed by atoms with van der Waals surface area (Å²) < 4.78 is 0. The molecule has 116 valence electrons. The number of Topliss-reactive ketones (excluding diaryl/α,β-unsaturated/α-hetero) is 1. The fourth-order valence-corrected chi connectivity index (χ4v) is 6.59. The fraction of sp³-hybridized carbons (Fsp3) is 0.842. The molecule has 4 aliphatic rings. The summed E-state index contributed by atoms with van der Waals surface area (Å²) >= 11 is 0. The largest absolute Gasteiger partial charge is 0.512 e. The van der Waals surface area contributed by atoms with Gasteiger partial charge in [-0.1, -0.05) is 13.8 Å². The summed E-state index contributed by atoms with van der Waals surface area (Å²) in [5.41, 5.74) is 0.436. The van der Waals surface area contributed by atoms with E-state index in [-0.39, 0.29) is 5.41 Å². The molecular formula is C19H28O2. The number of rotatable bonds is 0. The lowest BCUT2D eigenvalue weighted by Gasteiger charge is -2.59. The van der Waals surface area contributed by atoms with Gasteiger partial charge in [-0.05, 0) is 73.7 Å². The third-order valence-electron chi connectivity index (χ3n) is 8.02. The quantitative estimate of drug-likeness (QED) is 0.704. The van der Waals surface area contributed by atoms with E-state index in [0.29, 0.717) is 28.8 Å². The summed E-state index contributed by atoms with van der Waals surface area (Å²) in [5, 5.41) is 10.3. The molecule has 3 fully saturated rings. The van der Waals surface area contributed by atoms with Gasteiger partial charge in [0.1, 0.15) is 5.78 Å². The molecule has 4 aliphatic carbocycles. The molecule has 1 N–H and O–H groups in total. The van der Waals surface area contributed by atoms with Crippen LogP contribution in [-0.4, -0.2) is 10.9 Å². The highest BCUT2D eigenvalue weighted by Gasteiger charge is 2.58. The van der Waals surface area contributed by atoms with Crippen molar-refractivity contribution in [3.8, 4) is 0 Å². The first-order chi connectivity index (χ1) is 9.95. The summed E-state index contributed by atoms with van der Waals surface area (Å²) in [7, 11) is 0. The van der Waals surface area contributed by atoms with E-state index in [9.17, 15) is 9.90 Å². The van der Waals surface area contributed by atoms with E-state index in [4.69, 9.17) is 0 Å². The molecule has 0 saturated heterocycles. The van der Waals surface area contributed by atoms with E-state index < -0.39 is 0 Å². The SMILES string of the molecule is C[C@]12CCC(=O)CC1CC[C@@H]1[C@@H]2CC[C@]2(C)C(O)=CC[C@@H]12. The van der Waals surface area contributed by atoms with Crippen LogP contribution in [0.4, 0.5) is 0 Å². The molecule has 0 heterocycles. The normalized spacial score (nSPS) is 52.7. The Morgan fingerprint density at radius 2 is 1.95 bits per heavy atom. The van der Waals surface area contributed by atoms with Crippen molar-refractivity contribution in [3.05, 3.63) is 11.8 Å². The average molecular weight is 288 g/mol. The number of allylic oxidation sites excluding steroid dienone is 2. The summed E-state index contributed by atoms with van der Waals surface area (Å²) in [4.78, 5) is 11.9. The first-order valence-electron chi connectivity index (χ1n) is 8.86. The summed E-state index contributed by atoms with van der Waals surface area (Å²) in [6, 6.07) is 0. The van der Waals surface area contributed by atoms with Gasteiger partial charge in [-0.3, -0.25) is 4.79 Å². The van der Waals surface area contributed by atoms with Crippen molar-refractivity contribution in [2.24, 2.45) is 34.5 Å². The van der Waals surface area contributed by atoms with E-state index in [2.05, 4.69) is 19.9 Å². The van der Waals surface area contributed by atoms with Crippen molar-refractivity contribution in [1.29, 1.82) is 0 Å². The molecule has 0 aromatic heterocycles. The van der Waals surface area contributed by atoms with Crippen LogP contribution >= 0.6 is 0 Å². The molecule has 4 rings (SSSR count). The van der Waals surface area contributed by atoms with Crippen LogP contribution in [0.5, 0.6) is 0 Å². The Hall–Kier alpha value is -0.790. The number of carbonyl (C=O) groups is 1. The average Bonchev–Trinajstić information content (AvgIpc) is 2.76. The number of ketones is 1. The zero-order valence-electron chi connectivity index (χ0n) is 13.4. The van der Waals surface area contributed by atoms with Gasteiger partial charge in [0.25, 0.3) is 0 Å². The van der Waals surface area contributed by atoms with Gasteiger partial charge < -0.3 is 5.11 Å². The predicted octanol–water partition coefficient (Wildman–Crippen LogP) is 4.65. The maximum absolute atomic E-state index is 11.9. The molecular weight excluding hydrogens is 260 g/mol.